The summed E-state index contributed by atoms with van der Waals surface area (Å²) < 4.78 is 0. The third kappa shape index (κ3) is 5.17. The van der Waals surface area contributed by atoms with Crippen LogP contribution < -0.4 is 16.0 Å². The Labute approximate surface area is 163 Å². The first-order chi connectivity index (χ1) is 13.4. The molecule has 2 heterocycles. The summed E-state index contributed by atoms with van der Waals surface area (Å²) in [5.74, 6) is 0. The fraction of sp³-hybridized carbons (Fsp3) is 0.636. The Morgan fingerprint density at radius 3 is 2.26 bits per heavy atom. The molecule has 146 valence electrons. The van der Waals surface area contributed by atoms with Gasteiger partial charge >= 0.3 is 0 Å². The lowest BCUT2D eigenvalue weighted by Gasteiger charge is -2.32. The Balaban J connectivity index is 1.52. The van der Waals surface area contributed by atoms with E-state index in [1.165, 1.54) is 51.4 Å². The van der Waals surface area contributed by atoms with E-state index in [4.69, 9.17) is 9.98 Å². The van der Waals surface area contributed by atoms with Crippen LogP contribution in [0.1, 0.15) is 62.8 Å². The summed E-state index contributed by atoms with van der Waals surface area (Å²) in [7, 11) is 0. The minimum absolute atomic E-state index is 0.378. The number of hydrogen-bond donors (Lipinski definition) is 3. The zero-order chi connectivity index (χ0) is 18.3. The average Bonchev–Trinajstić information content (AvgIpc) is 2.71. The molecular weight excluding hydrogens is 334 g/mol. The first-order valence-electron chi connectivity index (χ1n) is 10.7. The van der Waals surface area contributed by atoms with Gasteiger partial charge in [-0.2, -0.15) is 0 Å². The van der Waals surface area contributed by atoms with E-state index in [0.717, 1.165) is 24.5 Å². The molecule has 1 aromatic rings. The van der Waals surface area contributed by atoms with Crippen LogP contribution in [-0.2, 0) is 13.1 Å². The van der Waals surface area contributed by atoms with Crippen LogP contribution in [-0.4, -0.2) is 35.4 Å². The number of aliphatic imine (C=N–C) groups is 1. The Hall–Kier alpha value is -1.72. The summed E-state index contributed by atoms with van der Waals surface area (Å²) in [6.45, 7) is 1.67. The van der Waals surface area contributed by atoms with E-state index in [9.17, 15) is 0 Å². The number of nitrogens with one attached hydrogen (secondary N) is 3. The molecule has 0 spiro atoms. The molecule has 1 unspecified atom stereocenters. The molecule has 4 atom stereocenters. The second-order valence-electron chi connectivity index (χ2n) is 8.16. The van der Waals surface area contributed by atoms with Crippen LogP contribution in [0.3, 0.4) is 0 Å². The number of fused-ring (bicyclic) bond motifs is 4. The van der Waals surface area contributed by atoms with Crippen molar-refractivity contribution in [2.75, 3.05) is 0 Å². The highest BCUT2D eigenvalue weighted by Gasteiger charge is 2.25. The molecule has 2 fully saturated rings. The van der Waals surface area contributed by atoms with Crippen molar-refractivity contribution < 1.29 is 0 Å². The Kier molecular flexibility index (Phi) is 6.53. The molecule has 3 aliphatic rings. The molecule has 3 N–H and O–H groups in total. The highest BCUT2D eigenvalue weighted by Crippen LogP contribution is 2.22. The highest BCUT2D eigenvalue weighted by atomic mass is 15.0. The van der Waals surface area contributed by atoms with Crippen molar-refractivity contribution in [3.05, 3.63) is 41.9 Å². The standard InChI is InChI=1S/C22H33N5/c1-3-11-21-19(9-1)23-13-6-14-24-20-10-2-4-12-22(20)26-16-18-8-5-7-17(27-18)15-25-21/h5-8,13-14,19-23,25-26H,1-4,9-12,15-16H2/t19-,20-,21-,22?/m1/s1. The topological polar surface area (TPSA) is 61.3 Å². The maximum absolute atomic E-state index is 4.88. The summed E-state index contributed by atoms with van der Waals surface area (Å²) in [5, 5.41) is 11.1. The van der Waals surface area contributed by atoms with E-state index >= 15 is 0 Å². The van der Waals surface area contributed by atoms with Crippen LogP contribution in [0.15, 0.2) is 35.5 Å². The monoisotopic (exact) mass is 367 g/mol. The van der Waals surface area contributed by atoms with Gasteiger partial charge in [0.1, 0.15) is 0 Å². The molecule has 1 aliphatic heterocycles. The van der Waals surface area contributed by atoms with E-state index in [1.54, 1.807) is 0 Å². The summed E-state index contributed by atoms with van der Waals surface area (Å²) in [4.78, 5) is 9.74. The number of allylic oxidation sites excluding steroid dienone is 1. The normalized spacial score (nSPS) is 32.1. The fourth-order valence-electron chi connectivity index (χ4n) is 4.68. The van der Waals surface area contributed by atoms with Gasteiger partial charge in [0.25, 0.3) is 0 Å². The van der Waals surface area contributed by atoms with Gasteiger partial charge in [-0.3, -0.25) is 9.98 Å². The van der Waals surface area contributed by atoms with Crippen molar-refractivity contribution in [3.8, 4) is 0 Å². The first-order valence-corrected chi connectivity index (χ1v) is 10.7. The fourth-order valence-corrected chi connectivity index (χ4v) is 4.68. The summed E-state index contributed by atoms with van der Waals surface area (Å²) in [5.41, 5.74) is 2.27. The molecule has 2 bridgehead atoms. The first kappa shape index (κ1) is 18.6. The van der Waals surface area contributed by atoms with Gasteiger partial charge in [0.15, 0.2) is 0 Å². The summed E-state index contributed by atoms with van der Waals surface area (Å²) in [6, 6.07) is 8.23. The van der Waals surface area contributed by atoms with Gasteiger partial charge in [0, 0.05) is 37.4 Å². The number of hydrogen-bond acceptors (Lipinski definition) is 5. The second-order valence-corrected chi connectivity index (χ2v) is 8.16. The van der Waals surface area contributed by atoms with E-state index < -0.39 is 0 Å². The third-order valence-electron chi connectivity index (χ3n) is 6.22. The van der Waals surface area contributed by atoms with Crippen LogP contribution in [0, 0.1) is 0 Å². The predicted molar refractivity (Wildman–Crippen MR) is 111 cm³/mol. The molecule has 0 aromatic carbocycles. The van der Waals surface area contributed by atoms with E-state index in [2.05, 4.69) is 46.4 Å². The van der Waals surface area contributed by atoms with Crippen molar-refractivity contribution in [3.63, 3.8) is 0 Å². The van der Waals surface area contributed by atoms with Crippen LogP contribution in [0.25, 0.3) is 0 Å². The van der Waals surface area contributed by atoms with Gasteiger partial charge in [0.05, 0.1) is 17.4 Å². The van der Waals surface area contributed by atoms with Gasteiger partial charge in [-0.05, 0) is 50.1 Å². The Morgan fingerprint density at radius 2 is 1.44 bits per heavy atom. The number of rotatable bonds is 0. The van der Waals surface area contributed by atoms with Crippen molar-refractivity contribution in [2.24, 2.45) is 4.99 Å². The average molecular weight is 368 g/mol. The third-order valence-corrected chi connectivity index (χ3v) is 6.22. The van der Waals surface area contributed by atoms with Crippen LogP contribution in [0.2, 0.25) is 0 Å². The molecule has 0 amide bonds. The van der Waals surface area contributed by atoms with Crippen LogP contribution in [0.5, 0.6) is 0 Å². The minimum Gasteiger partial charge on any atom is -0.387 e. The number of nitrogens with zero attached hydrogens (tertiary/aromatic N) is 2. The zero-order valence-corrected chi connectivity index (χ0v) is 16.2. The van der Waals surface area contributed by atoms with Gasteiger partial charge < -0.3 is 16.0 Å². The molecule has 4 rings (SSSR count). The maximum Gasteiger partial charge on any atom is 0.0652 e. The lowest BCUT2D eigenvalue weighted by atomic mass is 9.90. The molecule has 0 saturated heterocycles. The van der Waals surface area contributed by atoms with Crippen molar-refractivity contribution >= 4 is 6.21 Å². The molecular formula is C22H33N5. The van der Waals surface area contributed by atoms with Crippen LogP contribution in [0.4, 0.5) is 0 Å². The minimum atomic E-state index is 0.378. The molecule has 1 aromatic heterocycles. The Morgan fingerprint density at radius 1 is 0.778 bits per heavy atom. The molecule has 2 aliphatic carbocycles. The van der Waals surface area contributed by atoms with Crippen molar-refractivity contribution in [1.29, 1.82) is 0 Å². The summed E-state index contributed by atoms with van der Waals surface area (Å²) >= 11 is 0. The van der Waals surface area contributed by atoms with Gasteiger partial charge in [-0.25, -0.2) is 0 Å². The molecule has 5 nitrogen and oxygen atoms in total. The molecule has 5 heteroatoms. The number of aromatic nitrogens is 1. The maximum atomic E-state index is 4.88. The SMILES string of the molecule is C1=CN[C@@H]2CCCC[C@H]2NCc2cccc(n2)CNC2CCCC[C@H]2N=C1. The Bertz CT molecular complexity index is 656. The lowest BCUT2D eigenvalue weighted by Crippen LogP contribution is -2.48. The number of pyridine rings is 1. The summed E-state index contributed by atoms with van der Waals surface area (Å²) in [6.07, 6.45) is 16.2. The van der Waals surface area contributed by atoms with E-state index in [0.29, 0.717) is 24.2 Å². The quantitative estimate of drug-likeness (QED) is 0.659. The van der Waals surface area contributed by atoms with Gasteiger partial charge in [-0.15, -0.1) is 0 Å². The highest BCUT2D eigenvalue weighted by molar-refractivity contribution is 5.71. The second kappa shape index (κ2) is 9.47. The predicted octanol–water partition coefficient (Wildman–Crippen LogP) is 3.07. The lowest BCUT2D eigenvalue weighted by molar-refractivity contribution is 0.300. The van der Waals surface area contributed by atoms with Gasteiger partial charge in [0.2, 0.25) is 0 Å². The van der Waals surface area contributed by atoms with E-state index in [1.807, 2.05) is 6.21 Å². The van der Waals surface area contributed by atoms with E-state index in [-0.39, 0.29) is 0 Å². The van der Waals surface area contributed by atoms with Crippen molar-refractivity contribution in [2.45, 2.75) is 88.6 Å². The zero-order valence-electron chi connectivity index (χ0n) is 16.2. The largest absolute Gasteiger partial charge is 0.387 e. The smallest absolute Gasteiger partial charge is 0.0652 e. The van der Waals surface area contributed by atoms with Gasteiger partial charge in [-0.1, -0.05) is 31.7 Å². The van der Waals surface area contributed by atoms with Crippen molar-refractivity contribution in [1.82, 2.24) is 20.9 Å². The molecule has 27 heavy (non-hydrogen) atoms. The molecule has 2 saturated carbocycles. The van der Waals surface area contributed by atoms with Crippen LogP contribution >= 0.6 is 0 Å². The molecule has 0 radical (unpaired) electrons.